The molecule has 0 aliphatic heterocycles. The number of nitrogens with zero attached hydrogens (tertiary/aromatic N) is 1. The minimum atomic E-state index is -0.436. The Hall–Kier alpha value is -2.75. The van der Waals surface area contributed by atoms with E-state index in [9.17, 15) is 9.90 Å². The van der Waals surface area contributed by atoms with Gasteiger partial charge in [0.05, 0.1) is 12.6 Å². The standard InChI is InChI=1S/C16H13NO3/c1-20-13-8-6-12(7-9-13)17-14-5-3-2-4-11(14)10-15(18)16(17)19/h2-10,18H,1H3. The van der Waals surface area contributed by atoms with Gasteiger partial charge in [0.15, 0.2) is 5.75 Å². The molecule has 20 heavy (non-hydrogen) atoms. The van der Waals surface area contributed by atoms with E-state index in [-0.39, 0.29) is 5.75 Å². The lowest BCUT2D eigenvalue weighted by molar-refractivity contribution is 0.414. The molecule has 2 aromatic carbocycles. The summed E-state index contributed by atoms with van der Waals surface area (Å²) in [5.74, 6) is 0.450. The maximum Gasteiger partial charge on any atom is 0.297 e. The molecule has 0 spiro atoms. The number of para-hydroxylation sites is 1. The molecule has 3 rings (SSSR count). The molecule has 3 aromatic rings. The Morgan fingerprint density at radius 3 is 2.45 bits per heavy atom. The predicted molar refractivity (Wildman–Crippen MR) is 77.8 cm³/mol. The molecule has 0 atom stereocenters. The highest BCUT2D eigenvalue weighted by molar-refractivity contribution is 5.81. The van der Waals surface area contributed by atoms with Gasteiger partial charge in [0.1, 0.15) is 5.75 Å². The van der Waals surface area contributed by atoms with Crippen LogP contribution in [0.2, 0.25) is 0 Å². The van der Waals surface area contributed by atoms with Crippen LogP contribution in [-0.2, 0) is 0 Å². The van der Waals surface area contributed by atoms with E-state index < -0.39 is 5.56 Å². The Morgan fingerprint density at radius 1 is 1.05 bits per heavy atom. The largest absolute Gasteiger partial charge is 0.503 e. The van der Waals surface area contributed by atoms with Crippen molar-refractivity contribution in [2.45, 2.75) is 0 Å². The number of hydrogen-bond donors (Lipinski definition) is 1. The van der Waals surface area contributed by atoms with Gasteiger partial charge in [-0.15, -0.1) is 0 Å². The quantitative estimate of drug-likeness (QED) is 0.776. The van der Waals surface area contributed by atoms with Crippen molar-refractivity contribution in [3.63, 3.8) is 0 Å². The van der Waals surface area contributed by atoms with Crippen LogP contribution in [0.4, 0.5) is 0 Å². The van der Waals surface area contributed by atoms with E-state index in [2.05, 4.69) is 0 Å². The van der Waals surface area contributed by atoms with Gasteiger partial charge in [0.2, 0.25) is 0 Å². The monoisotopic (exact) mass is 267 g/mol. The fourth-order valence-corrected chi connectivity index (χ4v) is 2.23. The second kappa shape index (κ2) is 4.74. The highest BCUT2D eigenvalue weighted by Crippen LogP contribution is 2.21. The number of ether oxygens (including phenoxy) is 1. The Bertz CT molecular complexity index is 819. The summed E-state index contributed by atoms with van der Waals surface area (Å²) < 4.78 is 6.60. The van der Waals surface area contributed by atoms with Crippen LogP contribution in [0.1, 0.15) is 0 Å². The zero-order valence-corrected chi connectivity index (χ0v) is 10.9. The Balaban J connectivity index is 2.33. The van der Waals surface area contributed by atoms with Gasteiger partial charge in [-0.05, 0) is 36.4 Å². The van der Waals surface area contributed by atoms with Gasteiger partial charge >= 0.3 is 0 Å². The molecule has 0 radical (unpaired) electrons. The summed E-state index contributed by atoms with van der Waals surface area (Å²) in [6.45, 7) is 0. The highest BCUT2D eigenvalue weighted by atomic mass is 16.5. The van der Waals surface area contributed by atoms with Gasteiger partial charge < -0.3 is 9.84 Å². The molecule has 0 fully saturated rings. The summed E-state index contributed by atoms with van der Waals surface area (Å²) in [4.78, 5) is 12.2. The van der Waals surface area contributed by atoms with Crippen LogP contribution in [0.5, 0.6) is 11.5 Å². The molecule has 0 saturated carbocycles. The number of benzene rings is 2. The second-order valence-corrected chi connectivity index (χ2v) is 4.43. The summed E-state index contributed by atoms with van der Waals surface area (Å²) in [5.41, 5.74) is 0.997. The van der Waals surface area contributed by atoms with Crippen molar-refractivity contribution in [3.8, 4) is 17.2 Å². The van der Waals surface area contributed by atoms with E-state index in [0.29, 0.717) is 11.4 Å². The summed E-state index contributed by atoms with van der Waals surface area (Å²) in [6.07, 6.45) is 0. The second-order valence-electron chi connectivity index (χ2n) is 4.43. The van der Waals surface area contributed by atoms with Gasteiger partial charge in [0, 0.05) is 11.1 Å². The number of aromatic nitrogens is 1. The number of rotatable bonds is 2. The zero-order valence-electron chi connectivity index (χ0n) is 10.9. The van der Waals surface area contributed by atoms with Gasteiger partial charge in [-0.1, -0.05) is 18.2 Å². The van der Waals surface area contributed by atoms with Crippen LogP contribution in [0, 0.1) is 0 Å². The summed E-state index contributed by atoms with van der Waals surface area (Å²) in [5, 5.41) is 10.6. The fraction of sp³-hybridized carbons (Fsp3) is 0.0625. The molecular formula is C16H13NO3. The van der Waals surface area contributed by atoms with E-state index in [1.165, 1.54) is 10.6 Å². The van der Waals surface area contributed by atoms with Gasteiger partial charge in [0.25, 0.3) is 5.56 Å². The Morgan fingerprint density at radius 2 is 1.75 bits per heavy atom. The van der Waals surface area contributed by atoms with Crippen molar-refractivity contribution >= 4 is 10.9 Å². The first-order valence-electron chi connectivity index (χ1n) is 6.19. The number of fused-ring (bicyclic) bond motifs is 1. The molecule has 1 heterocycles. The summed E-state index contributed by atoms with van der Waals surface area (Å²) in [6, 6.07) is 16.0. The van der Waals surface area contributed by atoms with Crippen molar-refractivity contribution in [2.24, 2.45) is 0 Å². The van der Waals surface area contributed by atoms with Crippen LogP contribution in [0.25, 0.3) is 16.6 Å². The van der Waals surface area contributed by atoms with Crippen molar-refractivity contribution in [2.75, 3.05) is 7.11 Å². The molecule has 100 valence electrons. The first-order valence-corrected chi connectivity index (χ1v) is 6.19. The smallest absolute Gasteiger partial charge is 0.297 e. The lowest BCUT2D eigenvalue weighted by atomic mass is 10.2. The van der Waals surface area contributed by atoms with E-state index >= 15 is 0 Å². The Labute approximate surface area is 115 Å². The van der Waals surface area contributed by atoms with Gasteiger partial charge in [-0.3, -0.25) is 9.36 Å². The molecule has 4 heteroatoms. The third-order valence-corrected chi connectivity index (χ3v) is 3.22. The SMILES string of the molecule is COc1ccc(-n2c(=O)c(O)cc3ccccc32)cc1. The first-order chi connectivity index (χ1) is 9.70. The fourth-order valence-electron chi connectivity index (χ4n) is 2.23. The molecule has 4 nitrogen and oxygen atoms in total. The van der Waals surface area contributed by atoms with Crippen LogP contribution >= 0.6 is 0 Å². The molecule has 0 aliphatic carbocycles. The minimum absolute atomic E-state index is 0.264. The maximum absolute atomic E-state index is 12.2. The summed E-state index contributed by atoms with van der Waals surface area (Å²) >= 11 is 0. The van der Waals surface area contributed by atoms with Crippen molar-refractivity contribution < 1.29 is 9.84 Å². The predicted octanol–water partition coefficient (Wildman–Crippen LogP) is 2.70. The molecule has 0 bridgehead atoms. The van der Waals surface area contributed by atoms with E-state index in [1.807, 2.05) is 24.3 Å². The molecule has 1 N–H and O–H groups in total. The average Bonchev–Trinajstić information content (AvgIpc) is 2.49. The van der Waals surface area contributed by atoms with Crippen molar-refractivity contribution in [1.29, 1.82) is 0 Å². The number of pyridine rings is 1. The normalized spacial score (nSPS) is 10.7. The summed E-state index contributed by atoms with van der Waals surface area (Å²) in [7, 11) is 1.59. The van der Waals surface area contributed by atoms with Crippen molar-refractivity contribution in [3.05, 3.63) is 65.0 Å². The van der Waals surface area contributed by atoms with E-state index in [4.69, 9.17) is 4.74 Å². The number of hydrogen-bond acceptors (Lipinski definition) is 3. The van der Waals surface area contributed by atoms with Crippen molar-refractivity contribution in [1.82, 2.24) is 4.57 Å². The molecule has 0 unspecified atom stereocenters. The van der Waals surface area contributed by atoms with Crippen LogP contribution in [0.15, 0.2) is 59.4 Å². The Kier molecular flexibility index (Phi) is 2.91. The first kappa shape index (κ1) is 12.3. The zero-order chi connectivity index (χ0) is 14.1. The molecule has 1 aromatic heterocycles. The molecule has 0 saturated heterocycles. The van der Waals surface area contributed by atoms with E-state index in [0.717, 1.165) is 10.9 Å². The topological polar surface area (TPSA) is 51.5 Å². The maximum atomic E-state index is 12.2. The van der Waals surface area contributed by atoms with E-state index in [1.54, 1.807) is 31.4 Å². The van der Waals surface area contributed by atoms with Gasteiger partial charge in [-0.25, -0.2) is 0 Å². The number of aromatic hydroxyl groups is 1. The van der Waals surface area contributed by atoms with Crippen LogP contribution in [-0.4, -0.2) is 16.8 Å². The average molecular weight is 267 g/mol. The lowest BCUT2D eigenvalue weighted by Crippen LogP contribution is -2.18. The third-order valence-electron chi connectivity index (χ3n) is 3.22. The minimum Gasteiger partial charge on any atom is -0.503 e. The molecule has 0 amide bonds. The molecular weight excluding hydrogens is 254 g/mol. The lowest BCUT2D eigenvalue weighted by Gasteiger charge is -2.11. The number of methoxy groups -OCH3 is 1. The molecule has 0 aliphatic rings. The van der Waals surface area contributed by atoms with Crippen LogP contribution in [0.3, 0.4) is 0 Å². The third kappa shape index (κ3) is 1.91. The van der Waals surface area contributed by atoms with Crippen LogP contribution < -0.4 is 10.3 Å². The highest BCUT2D eigenvalue weighted by Gasteiger charge is 2.09. The van der Waals surface area contributed by atoms with Gasteiger partial charge in [-0.2, -0.15) is 0 Å².